The summed E-state index contributed by atoms with van der Waals surface area (Å²) in [5, 5.41) is 7.86. The van der Waals surface area contributed by atoms with Crippen LogP contribution in [0.4, 0.5) is 0 Å². The molecule has 4 heteroatoms. The van der Waals surface area contributed by atoms with Gasteiger partial charge in [-0.1, -0.05) is 6.92 Å². The number of hydrogen-bond acceptors (Lipinski definition) is 3. The van der Waals surface area contributed by atoms with Gasteiger partial charge in [0.05, 0.1) is 18.9 Å². The molecule has 1 atom stereocenters. The van der Waals surface area contributed by atoms with Crippen molar-refractivity contribution < 1.29 is 0 Å². The highest BCUT2D eigenvalue weighted by molar-refractivity contribution is 4.63. The van der Waals surface area contributed by atoms with Crippen LogP contribution in [0.5, 0.6) is 0 Å². The molecule has 4 nitrogen and oxygen atoms in total. The van der Waals surface area contributed by atoms with E-state index in [1.54, 1.807) is 17.2 Å². The molecule has 1 unspecified atom stereocenters. The molecule has 0 aromatic carbocycles. The van der Waals surface area contributed by atoms with Crippen molar-refractivity contribution in [3.63, 3.8) is 0 Å². The van der Waals surface area contributed by atoms with Crippen molar-refractivity contribution in [1.82, 2.24) is 15.0 Å². The van der Waals surface area contributed by atoms with Crippen LogP contribution in [0.3, 0.4) is 0 Å². The van der Waals surface area contributed by atoms with Gasteiger partial charge in [-0.3, -0.25) is 0 Å². The topological polar surface area (TPSA) is 56.7 Å². The molecule has 0 spiro atoms. The van der Waals surface area contributed by atoms with Crippen molar-refractivity contribution in [3.05, 3.63) is 12.4 Å². The number of nitrogens with zero attached hydrogens (tertiary/aromatic N) is 3. The summed E-state index contributed by atoms with van der Waals surface area (Å²) in [6.45, 7) is 2.76. The maximum atomic E-state index is 5.66. The van der Waals surface area contributed by atoms with Gasteiger partial charge < -0.3 is 5.73 Å². The second-order valence-electron chi connectivity index (χ2n) is 2.25. The van der Waals surface area contributed by atoms with Gasteiger partial charge in [0.2, 0.25) is 0 Å². The quantitative estimate of drug-likeness (QED) is 0.643. The molecule has 1 aromatic heterocycles. The fourth-order valence-corrected chi connectivity index (χ4v) is 0.676. The van der Waals surface area contributed by atoms with Crippen molar-refractivity contribution in [2.75, 3.05) is 0 Å². The highest BCUT2D eigenvalue weighted by Gasteiger charge is 1.99. The van der Waals surface area contributed by atoms with Crippen LogP contribution in [0.15, 0.2) is 12.4 Å². The summed E-state index contributed by atoms with van der Waals surface area (Å²) in [6.07, 6.45) is 4.27. The molecule has 1 aromatic rings. The van der Waals surface area contributed by atoms with Gasteiger partial charge in [-0.15, -0.1) is 0 Å². The molecule has 0 amide bonds. The van der Waals surface area contributed by atoms with E-state index in [4.69, 9.17) is 5.73 Å². The predicted molar refractivity (Wildman–Crippen MR) is 38.3 cm³/mol. The molecule has 0 bridgehead atoms. The van der Waals surface area contributed by atoms with E-state index < -0.39 is 0 Å². The first-order valence-electron chi connectivity index (χ1n) is 3.42. The van der Waals surface area contributed by atoms with E-state index in [1.807, 2.05) is 6.92 Å². The first-order chi connectivity index (χ1) is 4.83. The Morgan fingerprint density at radius 1 is 1.50 bits per heavy atom. The summed E-state index contributed by atoms with van der Waals surface area (Å²) in [4.78, 5) is 1.61. The van der Waals surface area contributed by atoms with E-state index in [-0.39, 0.29) is 6.04 Å². The zero-order valence-electron chi connectivity index (χ0n) is 6.07. The maximum Gasteiger partial charge on any atom is 0.0758 e. The molecule has 1 rings (SSSR count). The summed E-state index contributed by atoms with van der Waals surface area (Å²) < 4.78 is 0. The highest BCUT2D eigenvalue weighted by Crippen LogP contribution is 1.88. The molecule has 2 N–H and O–H groups in total. The monoisotopic (exact) mass is 140 g/mol. The SMILES string of the molecule is CCC(N)Cn1nccn1. The smallest absolute Gasteiger partial charge is 0.0758 e. The summed E-state index contributed by atoms with van der Waals surface area (Å²) in [6, 6.07) is 0.174. The lowest BCUT2D eigenvalue weighted by Crippen LogP contribution is -2.26. The van der Waals surface area contributed by atoms with Crippen molar-refractivity contribution in [1.29, 1.82) is 0 Å². The number of aromatic nitrogens is 3. The minimum Gasteiger partial charge on any atom is -0.326 e. The van der Waals surface area contributed by atoms with Gasteiger partial charge >= 0.3 is 0 Å². The number of nitrogens with two attached hydrogens (primary N) is 1. The standard InChI is InChI=1S/C6H12N4/c1-2-6(7)5-10-8-3-4-9-10/h3-4,6H,2,5,7H2,1H3. The summed E-state index contributed by atoms with van der Waals surface area (Å²) >= 11 is 0. The number of rotatable bonds is 3. The minimum atomic E-state index is 0.174. The zero-order valence-corrected chi connectivity index (χ0v) is 6.07. The molecule has 0 saturated heterocycles. The van der Waals surface area contributed by atoms with Crippen LogP contribution in [0.2, 0.25) is 0 Å². The first-order valence-corrected chi connectivity index (χ1v) is 3.42. The van der Waals surface area contributed by atoms with Crippen LogP contribution in [0.1, 0.15) is 13.3 Å². The Balaban J connectivity index is 2.40. The third-order valence-corrected chi connectivity index (χ3v) is 1.39. The average Bonchev–Trinajstić information content (AvgIpc) is 2.40. The van der Waals surface area contributed by atoms with Crippen LogP contribution >= 0.6 is 0 Å². The van der Waals surface area contributed by atoms with E-state index in [0.717, 1.165) is 6.42 Å². The lowest BCUT2D eigenvalue weighted by molar-refractivity contribution is 0.455. The molecule has 1 heterocycles. The summed E-state index contributed by atoms with van der Waals surface area (Å²) in [5.74, 6) is 0. The predicted octanol–water partition coefficient (Wildman–Crippen LogP) is 0.0154. The average molecular weight is 140 g/mol. The van der Waals surface area contributed by atoms with Crippen LogP contribution in [0.25, 0.3) is 0 Å². The van der Waals surface area contributed by atoms with Crippen LogP contribution in [-0.2, 0) is 6.54 Å². The fraction of sp³-hybridized carbons (Fsp3) is 0.667. The third-order valence-electron chi connectivity index (χ3n) is 1.39. The fourth-order valence-electron chi connectivity index (χ4n) is 0.676. The largest absolute Gasteiger partial charge is 0.326 e. The van der Waals surface area contributed by atoms with Crippen molar-refractivity contribution in [3.8, 4) is 0 Å². The molecule has 0 aliphatic rings. The highest BCUT2D eigenvalue weighted by atomic mass is 15.5. The summed E-state index contributed by atoms with van der Waals surface area (Å²) in [5.41, 5.74) is 5.66. The third kappa shape index (κ3) is 1.80. The molecule has 0 aliphatic carbocycles. The molecular weight excluding hydrogens is 128 g/mol. The van der Waals surface area contributed by atoms with E-state index >= 15 is 0 Å². The first kappa shape index (κ1) is 7.21. The minimum absolute atomic E-state index is 0.174. The molecule has 0 fully saturated rings. The van der Waals surface area contributed by atoms with Crippen molar-refractivity contribution in [2.45, 2.75) is 25.9 Å². The normalized spacial score (nSPS) is 13.4. The van der Waals surface area contributed by atoms with Crippen molar-refractivity contribution in [2.24, 2.45) is 5.73 Å². The van der Waals surface area contributed by atoms with Gasteiger partial charge in [0.1, 0.15) is 0 Å². The van der Waals surface area contributed by atoms with E-state index in [2.05, 4.69) is 10.2 Å². The van der Waals surface area contributed by atoms with Crippen LogP contribution in [0, 0.1) is 0 Å². The Morgan fingerprint density at radius 3 is 2.60 bits per heavy atom. The second kappa shape index (κ2) is 3.31. The Labute approximate surface area is 60.0 Å². The Bertz CT molecular complexity index is 170. The Kier molecular flexibility index (Phi) is 2.39. The lowest BCUT2D eigenvalue weighted by Gasteiger charge is -2.05. The van der Waals surface area contributed by atoms with Crippen LogP contribution in [-0.4, -0.2) is 21.0 Å². The Morgan fingerprint density at radius 2 is 2.10 bits per heavy atom. The van der Waals surface area contributed by atoms with E-state index in [0.29, 0.717) is 6.54 Å². The maximum absolute atomic E-state index is 5.66. The Hall–Kier alpha value is -0.900. The van der Waals surface area contributed by atoms with E-state index in [9.17, 15) is 0 Å². The second-order valence-corrected chi connectivity index (χ2v) is 2.25. The molecule has 0 aliphatic heterocycles. The zero-order chi connectivity index (χ0) is 7.40. The molecule has 0 saturated carbocycles. The molecule has 56 valence electrons. The van der Waals surface area contributed by atoms with Gasteiger partial charge in [0.15, 0.2) is 0 Å². The van der Waals surface area contributed by atoms with Gasteiger partial charge in [-0.25, -0.2) is 0 Å². The van der Waals surface area contributed by atoms with Gasteiger partial charge in [0.25, 0.3) is 0 Å². The van der Waals surface area contributed by atoms with Crippen molar-refractivity contribution >= 4 is 0 Å². The molecule has 10 heavy (non-hydrogen) atoms. The summed E-state index contributed by atoms with van der Waals surface area (Å²) in [7, 11) is 0. The van der Waals surface area contributed by atoms with E-state index in [1.165, 1.54) is 0 Å². The molecular formula is C6H12N4. The van der Waals surface area contributed by atoms with Gasteiger partial charge in [0, 0.05) is 6.04 Å². The van der Waals surface area contributed by atoms with Gasteiger partial charge in [-0.05, 0) is 6.42 Å². The lowest BCUT2D eigenvalue weighted by atomic mass is 10.2. The molecule has 0 radical (unpaired) electrons. The number of hydrogen-bond donors (Lipinski definition) is 1. The van der Waals surface area contributed by atoms with Crippen LogP contribution < -0.4 is 5.73 Å². The van der Waals surface area contributed by atoms with Gasteiger partial charge in [-0.2, -0.15) is 15.0 Å².